The summed E-state index contributed by atoms with van der Waals surface area (Å²) >= 11 is 5.96. The Labute approximate surface area is 171 Å². The van der Waals surface area contributed by atoms with Gasteiger partial charge in [0, 0.05) is 18.7 Å². The maximum Gasteiger partial charge on any atom is 0.338 e. The number of amides is 2. The average molecular weight is 420 g/mol. The van der Waals surface area contributed by atoms with Crippen LogP contribution in [0.3, 0.4) is 0 Å². The highest BCUT2D eigenvalue weighted by Gasteiger charge is 2.18. The Balaban J connectivity index is 1.87. The van der Waals surface area contributed by atoms with Crippen LogP contribution in [0.4, 0.5) is 11.4 Å². The Morgan fingerprint density at radius 1 is 1.21 bits per heavy atom. The number of anilines is 1. The van der Waals surface area contributed by atoms with E-state index in [2.05, 4.69) is 5.32 Å². The molecule has 0 aliphatic carbocycles. The van der Waals surface area contributed by atoms with Crippen molar-refractivity contribution in [1.82, 2.24) is 4.90 Å². The number of esters is 1. The van der Waals surface area contributed by atoms with E-state index in [0.29, 0.717) is 16.3 Å². The van der Waals surface area contributed by atoms with Crippen molar-refractivity contribution < 1.29 is 24.0 Å². The van der Waals surface area contributed by atoms with E-state index in [0.717, 1.165) is 4.90 Å². The molecule has 0 fully saturated rings. The first-order chi connectivity index (χ1) is 13.7. The van der Waals surface area contributed by atoms with Crippen molar-refractivity contribution in [2.24, 2.45) is 0 Å². The van der Waals surface area contributed by atoms with Crippen LogP contribution in [0.5, 0.6) is 0 Å². The average Bonchev–Trinajstić information content (AvgIpc) is 2.67. The third kappa shape index (κ3) is 6.01. The number of ether oxygens (including phenoxy) is 1. The molecule has 0 saturated heterocycles. The number of nitrogens with one attached hydrogen (secondary N) is 1. The normalized spacial score (nSPS) is 10.2. The van der Waals surface area contributed by atoms with E-state index in [9.17, 15) is 24.5 Å². The van der Waals surface area contributed by atoms with E-state index in [1.807, 2.05) is 0 Å². The van der Waals surface area contributed by atoms with Crippen LogP contribution in [0, 0.1) is 17.0 Å². The van der Waals surface area contributed by atoms with E-state index in [1.54, 1.807) is 24.3 Å². The minimum absolute atomic E-state index is 0.0833. The number of benzene rings is 2. The molecule has 0 bridgehead atoms. The first kappa shape index (κ1) is 21.8. The summed E-state index contributed by atoms with van der Waals surface area (Å²) in [5.74, 6) is -1.86. The molecule has 0 atom stereocenters. The number of halogens is 1. The van der Waals surface area contributed by atoms with Gasteiger partial charge < -0.3 is 15.0 Å². The van der Waals surface area contributed by atoms with Gasteiger partial charge in [0.05, 0.1) is 27.7 Å². The highest BCUT2D eigenvalue weighted by molar-refractivity contribution is 6.33. The molecule has 1 N–H and O–H groups in total. The highest BCUT2D eigenvalue weighted by atomic mass is 35.5. The van der Waals surface area contributed by atoms with Crippen LogP contribution in [-0.4, -0.2) is 47.8 Å². The van der Waals surface area contributed by atoms with Crippen LogP contribution in [-0.2, 0) is 14.3 Å². The Bertz CT molecular complexity index is 963. The largest absolute Gasteiger partial charge is 0.452 e. The van der Waals surface area contributed by atoms with Crippen molar-refractivity contribution in [1.29, 1.82) is 0 Å². The van der Waals surface area contributed by atoms with Gasteiger partial charge in [-0.1, -0.05) is 23.7 Å². The number of carbonyl (C=O) groups is 3. The Morgan fingerprint density at radius 3 is 2.52 bits per heavy atom. The molecule has 0 aromatic heterocycles. The molecular formula is C19H18ClN3O6. The van der Waals surface area contributed by atoms with Crippen molar-refractivity contribution in [3.8, 4) is 0 Å². The fourth-order valence-corrected chi connectivity index (χ4v) is 2.55. The van der Waals surface area contributed by atoms with E-state index >= 15 is 0 Å². The first-order valence-corrected chi connectivity index (χ1v) is 8.77. The van der Waals surface area contributed by atoms with Crippen LogP contribution in [0.1, 0.15) is 15.9 Å². The van der Waals surface area contributed by atoms with Crippen LogP contribution in [0.2, 0.25) is 5.02 Å². The lowest BCUT2D eigenvalue weighted by atomic mass is 10.1. The van der Waals surface area contributed by atoms with Gasteiger partial charge >= 0.3 is 5.97 Å². The van der Waals surface area contributed by atoms with E-state index < -0.39 is 29.3 Å². The summed E-state index contributed by atoms with van der Waals surface area (Å²) < 4.78 is 4.93. The smallest absolute Gasteiger partial charge is 0.338 e. The molecule has 0 saturated carbocycles. The van der Waals surface area contributed by atoms with E-state index in [1.165, 1.54) is 32.2 Å². The zero-order valence-corrected chi connectivity index (χ0v) is 16.4. The van der Waals surface area contributed by atoms with Gasteiger partial charge in [0.15, 0.2) is 6.61 Å². The lowest BCUT2D eigenvalue weighted by Gasteiger charge is -2.17. The van der Waals surface area contributed by atoms with Crippen LogP contribution in [0.25, 0.3) is 0 Å². The van der Waals surface area contributed by atoms with Crippen molar-refractivity contribution in [3.05, 3.63) is 68.7 Å². The highest BCUT2D eigenvalue weighted by Crippen LogP contribution is 2.20. The summed E-state index contributed by atoms with van der Waals surface area (Å²) in [4.78, 5) is 47.5. The van der Waals surface area contributed by atoms with Gasteiger partial charge in [-0.2, -0.15) is 0 Å². The molecule has 9 nitrogen and oxygen atoms in total. The van der Waals surface area contributed by atoms with Crippen molar-refractivity contribution in [3.63, 3.8) is 0 Å². The van der Waals surface area contributed by atoms with Gasteiger partial charge in [-0.3, -0.25) is 19.7 Å². The summed E-state index contributed by atoms with van der Waals surface area (Å²) in [6.45, 7) is 0.647. The molecule has 0 radical (unpaired) electrons. The predicted octanol–water partition coefficient (Wildman–Crippen LogP) is 2.81. The number of para-hydroxylation sites is 1. The summed E-state index contributed by atoms with van der Waals surface area (Å²) in [7, 11) is 1.39. The SMILES string of the molecule is Cc1cc(C(=O)OCC(=O)N(C)CC(=O)Nc2ccccc2Cl)ccc1[N+](=O)[O-]. The minimum atomic E-state index is -0.801. The molecule has 0 spiro atoms. The number of nitro benzene ring substituents is 1. The maximum atomic E-state index is 12.1. The molecular weight excluding hydrogens is 402 g/mol. The molecule has 2 amide bonds. The third-order valence-corrected chi connectivity index (χ3v) is 4.24. The van der Waals surface area contributed by atoms with Gasteiger partial charge in [-0.15, -0.1) is 0 Å². The molecule has 0 unspecified atom stereocenters. The second-order valence-electron chi connectivity index (χ2n) is 6.11. The van der Waals surface area contributed by atoms with Gasteiger partial charge in [0.25, 0.3) is 11.6 Å². The molecule has 0 aliphatic heterocycles. The number of carbonyl (C=O) groups excluding carboxylic acids is 3. The molecule has 29 heavy (non-hydrogen) atoms. The number of aryl methyl sites for hydroxylation is 1. The third-order valence-electron chi connectivity index (χ3n) is 3.91. The zero-order chi connectivity index (χ0) is 21.6. The number of nitrogens with zero attached hydrogens (tertiary/aromatic N) is 2. The number of rotatable bonds is 7. The van der Waals surface area contributed by atoms with Gasteiger partial charge in [0.2, 0.25) is 5.91 Å². The Kier molecular flexibility index (Phi) is 7.27. The number of likely N-dealkylation sites (N-methyl/N-ethyl adjacent to an activating group) is 1. The van der Waals surface area contributed by atoms with Crippen molar-refractivity contribution in [2.45, 2.75) is 6.92 Å². The fraction of sp³-hybridized carbons (Fsp3) is 0.211. The van der Waals surface area contributed by atoms with Gasteiger partial charge in [-0.05, 0) is 31.2 Å². The summed E-state index contributed by atoms with van der Waals surface area (Å²) in [5, 5.41) is 13.8. The second kappa shape index (κ2) is 9.65. The topological polar surface area (TPSA) is 119 Å². The number of hydrogen-bond donors (Lipinski definition) is 1. The van der Waals surface area contributed by atoms with E-state index in [-0.39, 0.29) is 17.8 Å². The molecule has 152 valence electrons. The molecule has 2 aromatic carbocycles. The predicted molar refractivity (Wildman–Crippen MR) is 106 cm³/mol. The standard InChI is InChI=1S/C19H18ClN3O6/c1-12-9-13(7-8-16(12)23(27)28)19(26)29-11-18(25)22(2)10-17(24)21-15-6-4-3-5-14(15)20/h3-9H,10-11H2,1-2H3,(H,21,24). The molecule has 10 heteroatoms. The quantitative estimate of drug-likeness (QED) is 0.418. The Hall–Kier alpha value is -3.46. The molecule has 2 aromatic rings. The van der Waals surface area contributed by atoms with Crippen LogP contribution >= 0.6 is 11.6 Å². The summed E-state index contributed by atoms with van der Waals surface area (Å²) in [6, 6.07) is 10.4. The van der Waals surface area contributed by atoms with Crippen LogP contribution in [0.15, 0.2) is 42.5 Å². The van der Waals surface area contributed by atoms with E-state index in [4.69, 9.17) is 16.3 Å². The second-order valence-corrected chi connectivity index (χ2v) is 6.52. The van der Waals surface area contributed by atoms with Crippen molar-refractivity contribution >= 4 is 40.8 Å². The van der Waals surface area contributed by atoms with Crippen LogP contribution < -0.4 is 5.32 Å². The number of hydrogen-bond acceptors (Lipinski definition) is 6. The number of nitro groups is 1. The van der Waals surface area contributed by atoms with Gasteiger partial charge in [-0.25, -0.2) is 4.79 Å². The minimum Gasteiger partial charge on any atom is -0.452 e. The first-order valence-electron chi connectivity index (χ1n) is 8.39. The summed E-state index contributed by atoms with van der Waals surface area (Å²) in [6.07, 6.45) is 0. The lowest BCUT2D eigenvalue weighted by molar-refractivity contribution is -0.385. The fourth-order valence-electron chi connectivity index (χ4n) is 2.36. The van der Waals surface area contributed by atoms with Crippen molar-refractivity contribution in [2.75, 3.05) is 25.5 Å². The Morgan fingerprint density at radius 2 is 1.90 bits per heavy atom. The maximum absolute atomic E-state index is 12.1. The van der Waals surface area contributed by atoms with Gasteiger partial charge in [0.1, 0.15) is 0 Å². The lowest BCUT2D eigenvalue weighted by Crippen LogP contribution is -2.37. The zero-order valence-electron chi connectivity index (χ0n) is 15.7. The monoisotopic (exact) mass is 419 g/mol. The molecule has 0 aliphatic rings. The summed E-state index contributed by atoms with van der Waals surface area (Å²) in [5.41, 5.74) is 0.672. The molecule has 0 heterocycles. The molecule has 2 rings (SSSR count).